The fourth-order valence-corrected chi connectivity index (χ4v) is 0.744. The molecule has 0 unspecified atom stereocenters. The maximum atomic E-state index is 10.3. The van der Waals surface area contributed by atoms with Gasteiger partial charge < -0.3 is 0 Å². The first-order valence-corrected chi connectivity index (χ1v) is 3.63. The van der Waals surface area contributed by atoms with Crippen molar-refractivity contribution in [3.8, 4) is 0 Å². The van der Waals surface area contributed by atoms with Gasteiger partial charge >= 0.3 is 8.25 Å². The number of hydrogen-bond donors (Lipinski definition) is 0. The lowest BCUT2D eigenvalue weighted by Crippen LogP contribution is -1.81. The highest BCUT2D eigenvalue weighted by Crippen LogP contribution is 2.21. The standard InChI is InChI=1S/C4H10O3P.Al.3H/c1-3-6-8(5)7-4-2;;;;/h3-4H2,1-2H3;;;;/q+1;;;;. The molecule has 0 aliphatic carbocycles. The number of rotatable bonds is 4. The van der Waals surface area contributed by atoms with Gasteiger partial charge in [-0.25, -0.2) is 0 Å². The minimum absolute atomic E-state index is 0. The molecule has 0 aliphatic rings. The fourth-order valence-electron chi connectivity index (χ4n) is 0.248. The molecule has 0 aromatic carbocycles. The summed E-state index contributed by atoms with van der Waals surface area (Å²) in [6.45, 7) is 4.42. The van der Waals surface area contributed by atoms with Gasteiger partial charge in [0.25, 0.3) is 0 Å². The zero-order valence-corrected chi connectivity index (χ0v) is 5.98. The Balaban J connectivity index is 0. The van der Waals surface area contributed by atoms with Crippen LogP contribution in [0.15, 0.2) is 0 Å². The van der Waals surface area contributed by atoms with Gasteiger partial charge in [0.1, 0.15) is 13.2 Å². The van der Waals surface area contributed by atoms with E-state index in [1.54, 1.807) is 13.8 Å². The zero-order chi connectivity index (χ0) is 6.41. The summed E-state index contributed by atoms with van der Waals surface area (Å²) in [5.41, 5.74) is 0. The molecule has 0 aliphatic heterocycles. The van der Waals surface area contributed by atoms with E-state index in [4.69, 9.17) is 0 Å². The van der Waals surface area contributed by atoms with Crippen molar-refractivity contribution in [2.75, 3.05) is 13.2 Å². The Morgan fingerprint density at radius 3 is 1.78 bits per heavy atom. The van der Waals surface area contributed by atoms with Gasteiger partial charge in [0.2, 0.25) is 0 Å². The molecular formula is C4H13AlO3P+. The van der Waals surface area contributed by atoms with Crippen LogP contribution < -0.4 is 0 Å². The molecule has 9 heavy (non-hydrogen) atoms. The quantitative estimate of drug-likeness (QED) is 0.452. The molecule has 0 N–H and O–H groups in total. The van der Waals surface area contributed by atoms with E-state index in [2.05, 4.69) is 9.05 Å². The predicted molar refractivity (Wildman–Crippen MR) is 40.8 cm³/mol. The molecule has 0 heterocycles. The third-order valence-electron chi connectivity index (χ3n) is 0.469. The van der Waals surface area contributed by atoms with Gasteiger partial charge in [-0.2, -0.15) is 0 Å². The lowest BCUT2D eigenvalue weighted by Gasteiger charge is -1.78. The third kappa shape index (κ3) is 8.55. The van der Waals surface area contributed by atoms with Crippen LogP contribution >= 0.6 is 8.25 Å². The first-order valence-electron chi connectivity index (χ1n) is 2.54. The zero-order valence-electron chi connectivity index (χ0n) is 5.09. The number of hydrogen-bond acceptors (Lipinski definition) is 3. The van der Waals surface area contributed by atoms with Gasteiger partial charge in [-0.1, -0.05) is 0 Å². The highest BCUT2D eigenvalue weighted by atomic mass is 31.1. The summed E-state index contributed by atoms with van der Waals surface area (Å²) in [5, 5.41) is 0. The summed E-state index contributed by atoms with van der Waals surface area (Å²) < 4.78 is 19.5. The average molecular weight is 167 g/mol. The molecule has 0 aromatic rings. The molecule has 0 atom stereocenters. The summed E-state index contributed by atoms with van der Waals surface area (Å²) in [4.78, 5) is 0. The second kappa shape index (κ2) is 8.55. The SMILES string of the molecule is CCO[P+](=O)OCC.[AlH3]. The molecule has 0 radical (unpaired) electrons. The monoisotopic (exact) mass is 167 g/mol. The van der Waals surface area contributed by atoms with Crippen LogP contribution in [0.25, 0.3) is 0 Å². The molecule has 0 amide bonds. The largest absolute Gasteiger partial charge is 0.697 e. The second-order valence-electron chi connectivity index (χ2n) is 1.06. The first-order chi connectivity index (χ1) is 3.81. The highest BCUT2D eigenvalue weighted by molar-refractivity contribution is 7.33. The molecule has 0 bridgehead atoms. The summed E-state index contributed by atoms with van der Waals surface area (Å²) in [5.74, 6) is 0. The van der Waals surface area contributed by atoms with Crippen molar-refractivity contribution in [3.63, 3.8) is 0 Å². The van der Waals surface area contributed by atoms with E-state index >= 15 is 0 Å². The second-order valence-corrected chi connectivity index (χ2v) is 2.02. The lowest BCUT2D eigenvalue weighted by atomic mass is 10.9. The molecule has 3 nitrogen and oxygen atoms in total. The van der Waals surface area contributed by atoms with Crippen LogP contribution in [-0.2, 0) is 13.6 Å². The Bertz CT molecular complexity index is 70.2. The smallest absolute Gasteiger partial charge is 0.119 e. The molecular weight excluding hydrogens is 154 g/mol. The Labute approximate surface area is 66.8 Å². The fraction of sp³-hybridized carbons (Fsp3) is 1.00. The molecule has 0 spiro atoms. The molecule has 0 aromatic heterocycles. The third-order valence-corrected chi connectivity index (χ3v) is 1.41. The molecule has 0 saturated heterocycles. The Morgan fingerprint density at radius 1 is 1.22 bits per heavy atom. The van der Waals surface area contributed by atoms with Crippen molar-refractivity contribution in [1.82, 2.24) is 0 Å². The van der Waals surface area contributed by atoms with Gasteiger partial charge in [-0.05, 0) is 13.8 Å². The van der Waals surface area contributed by atoms with Crippen molar-refractivity contribution in [2.45, 2.75) is 13.8 Å². The van der Waals surface area contributed by atoms with E-state index in [0.717, 1.165) is 0 Å². The van der Waals surface area contributed by atoms with E-state index in [-0.39, 0.29) is 17.4 Å². The molecule has 5 heteroatoms. The highest BCUT2D eigenvalue weighted by Gasteiger charge is 2.15. The maximum absolute atomic E-state index is 10.3. The Hall–Kier alpha value is 0.552. The van der Waals surface area contributed by atoms with E-state index in [0.29, 0.717) is 13.2 Å². The van der Waals surface area contributed by atoms with Crippen LogP contribution in [0.2, 0.25) is 0 Å². The topological polar surface area (TPSA) is 35.5 Å². The van der Waals surface area contributed by atoms with E-state index in [1.165, 1.54) is 0 Å². The van der Waals surface area contributed by atoms with Crippen LogP contribution in [-0.4, -0.2) is 30.6 Å². The van der Waals surface area contributed by atoms with Crippen LogP contribution in [0, 0.1) is 0 Å². The van der Waals surface area contributed by atoms with Gasteiger partial charge in [-0.3, -0.25) is 0 Å². The maximum Gasteiger partial charge on any atom is 0.697 e. The van der Waals surface area contributed by atoms with Crippen molar-refractivity contribution in [2.24, 2.45) is 0 Å². The van der Waals surface area contributed by atoms with Gasteiger partial charge in [0, 0.05) is 4.57 Å². The van der Waals surface area contributed by atoms with Crippen molar-refractivity contribution >= 4 is 25.6 Å². The normalized spacial score (nSPS) is 8.22. The first kappa shape index (κ1) is 12.2. The summed E-state index contributed by atoms with van der Waals surface area (Å²) in [6.07, 6.45) is 0. The van der Waals surface area contributed by atoms with Crippen LogP contribution in [0.3, 0.4) is 0 Å². The summed E-state index contributed by atoms with van der Waals surface area (Å²) in [6, 6.07) is 0. The summed E-state index contributed by atoms with van der Waals surface area (Å²) >= 11 is 0. The lowest BCUT2D eigenvalue weighted by molar-refractivity contribution is 0.243. The Kier molecular flexibility index (Phi) is 11.6. The minimum atomic E-state index is -1.83. The van der Waals surface area contributed by atoms with Crippen molar-refractivity contribution in [1.29, 1.82) is 0 Å². The molecule has 0 rings (SSSR count). The Morgan fingerprint density at radius 2 is 1.56 bits per heavy atom. The molecule has 54 valence electrons. The van der Waals surface area contributed by atoms with Crippen molar-refractivity contribution < 1.29 is 13.6 Å². The van der Waals surface area contributed by atoms with Crippen LogP contribution in [0.1, 0.15) is 13.8 Å². The predicted octanol–water partition coefficient (Wildman–Crippen LogP) is 0.533. The van der Waals surface area contributed by atoms with E-state index in [1.807, 2.05) is 0 Å². The van der Waals surface area contributed by atoms with Crippen LogP contribution in [0.5, 0.6) is 0 Å². The van der Waals surface area contributed by atoms with Crippen molar-refractivity contribution in [3.05, 3.63) is 0 Å². The molecule has 0 saturated carbocycles. The van der Waals surface area contributed by atoms with Crippen LogP contribution in [0.4, 0.5) is 0 Å². The van der Waals surface area contributed by atoms with E-state index in [9.17, 15) is 4.57 Å². The van der Waals surface area contributed by atoms with E-state index < -0.39 is 8.25 Å². The average Bonchev–Trinajstić information content (AvgIpc) is 1.68. The van der Waals surface area contributed by atoms with Gasteiger partial charge in [-0.15, -0.1) is 9.05 Å². The van der Waals surface area contributed by atoms with Gasteiger partial charge in [0.15, 0.2) is 17.4 Å². The molecule has 0 fully saturated rings. The minimum Gasteiger partial charge on any atom is -0.119 e. The van der Waals surface area contributed by atoms with Gasteiger partial charge in [0.05, 0.1) is 0 Å². The summed E-state index contributed by atoms with van der Waals surface area (Å²) in [7, 11) is -1.83.